The Kier molecular flexibility index (Phi) is 10.9. The van der Waals surface area contributed by atoms with Crippen LogP contribution in [0.15, 0.2) is 54.5 Å². The van der Waals surface area contributed by atoms with Crippen LogP contribution in [0, 0.1) is 13.8 Å². The van der Waals surface area contributed by atoms with Gasteiger partial charge in [-0.05, 0) is 95.3 Å². The minimum atomic E-state index is 0.166. The highest BCUT2D eigenvalue weighted by Crippen LogP contribution is 2.18. The predicted octanol–water partition coefficient (Wildman–Crippen LogP) is 5.71. The van der Waals surface area contributed by atoms with Crippen LogP contribution in [0.3, 0.4) is 0 Å². The molecule has 0 N–H and O–H groups in total. The van der Waals surface area contributed by atoms with Crippen LogP contribution in [0.2, 0.25) is 0 Å². The number of piperidine rings is 1. The van der Waals surface area contributed by atoms with E-state index in [1.807, 2.05) is 30.0 Å². The summed E-state index contributed by atoms with van der Waals surface area (Å²) in [6.07, 6.45) is 13.3. The molecule has 2 saturated heterocycles. The van der Waals surface area contributed by atoms with Gasteiger partial charge in [-0.25, -0.2) is 0 Å². The largest absolute Gasteiger partial charge is 0.494 e. The van der Waals surface area contributed by atoms with E-state index in [1.54, 1.807) is 0 Å². The molecule has 3 rings (SSSR count). The van der Waals surface area contributed by atoms with Gasteiger partial charge in [-0.2, -0.15) is 0 Å². The molecule has 5 nitrogen and oxygen atoms in total. The summed E-state index contributed by atoms with van der Waals surface area (Å²) in [5.41, 5.74) is 4.30. The maximum atomic E-state index is 13.1. The third-order valence-electron chi connectivity index (χ3n) is 7.29. The average Bonchev–Trinajstić information content (AvgIpc) is 2.85. The molecule has 0 spiro atoms. The van der Waals surface area contributed by atoms with Crippen molar-refractivity contribution >= 4 is 5.91 Å². The third kappa shape index (κ3) is 8.28. The number of carbonyl (C=O) groups excluding carboxylic acids is 1. The second kappa shape index (κ2) is 14.1. The number of aryl methyl sites for hydroxylation is 1. The number of rotatable bonds is 9. The van der Waals surface area contributed by atoms with Crippen LogP contribution in [0.5, 0.6) is 0 Å². The van der Waals surface area contributed by atoms with Crippen LogP contribution >= 0.6 is 0 Å². The van der Waals surface area contributed by atoms with Gasteiger partial charge in [-0.1, -0.05) is 31.2 Å². The lowest BCUT2D eigenvalue weighted by molar-refractivity contribution is 0.0728. The molecule has 5 heteroatoms. The summed E-state index contributed by atoms with van der Waals surface area (Å²) in [5, 5.41) is 0. The number of carbonyl (C=O) groups is 1. The topological polar surface area (TPSA) is 36.0 Å². The van der Waals surface area contributed by atoms with Crippen LogP contribution in [0.25, 0.3) is 0 Å². The van der Waals surface area contributed by atoms with Crippen molar-refractivity contribution < 1.29 is 9.53 Å². The minimum Gasteiger partial charge on any atom is -0.494 e. The Bertz CT molecular complexity index is 889. The second-order valence-corrected chi connectivity index (χ2v) is 9.85. The second-order valence-electron chi connectivity index (χ2n) is 9.85. The van der Waals surface area contributed by atoms with E-state index in [4.69, 9.17) is 4.74 Å². The van der Waals surface area contributed by atoms with E-state index < -0.39 is 0 Å². The molecule has 0 saturated carbocycles. The Morgan fingerprint density at radius 2 is 1.63 bits per heavy atom. The molecule has 1 aromatic carbocycles. The normalized spacial score (nSPS) is 18.4. The van der Waals surface area contributed by atoms with Crippen molar-refractivity contribution in [2.45, 2.75) is 59.3 Å². The molecule has 1 amide bonds. The predicted molar refractivity (Wildman–Crippen MR) is 146 cm³/mol. The zero-order valence-electron chi connectivity index (χ0n) is 22.2. The summed E-state index contributed by atoms with van der Waals surface area (Å²) in [4.78, 5) is 20.1. The molecule has 0 radical (unpaired) electrons. The van der Waals surface area contributed by atoms with E-state index in [-0.39, 0.29) is 5.91 Å². The summed E-state index contributed by atoms with van der Waals surface area (Å²) >= 11 is 0. The van der Waals surface area contributed by atoms with E-state index in [0.29, 0.717) is 0 Å². The van der Waals surface area contributed by atoms with Gasteiger partial charge in [0.2, 0.25) is 0 Å². The molecule has 35 heavy (non-hydrogen) atoms. The zero-order chi connectivity index (χ0) is 25.0. The van der Waals surface area contributed by atoms with Crippen LogP contribution < -0.4 is 0 Å². The van der Waals surface area contributed by atoms with Gasteiger partial charge in [0.15, 0.2) is 0 Å². The first-order valence-corrected chi connectivity index (χ1v) is 13.5. The van der Waals surface area contributed by atoms with E-state index >= 15 is 0 Å². The number of ether oxygens (including phenoxy) is 1. The summed E-state index contributed by atoms with van der Waals surface area (Å²) in [6, 6.07) is 6.01. The van der Waals surface area contributed by atoms with E-state index in [2.05, 4.69) is 48.4 Å². The highest BCUT2D eigenvalue weighted by Gasteiger charge is 2.20. The molecule has 2 heterocycles. The molecule has 0 aliphatic carbocycles. The van der Waals surface area contributed by atoms with Crippen molar-refractivity contribution in [2.75, 3.05) is 52.4 Å². The fourth-order valence-electron chi connectivity index (χ4n) is 5.03. The van der Waals surface area contributed by atoms with Gasteiger partial charge in [-0.15, -0.1) is 0 Å². The monoisotopic (exact) mass is 479 g/mol. The summed E-state index contributed by atoms with van der Waals surface area (Å²) in [5.74, 6) is 0.889. The van der Waals surface area contributed by atoms with Crippen molar-refractivity contribution in [3.63, 3.8) is 0 Å². The molecule has 0 unspecified atom stereocenters. The number of benzene rings is 1. The first kappa shape index (κ1) is 27.1. The molecule has 0 bridgehead atoms. The molecule has 0 aromatic heterocycles. The standard InChI is InChI=1S/C30H45N3O2/c1-5-28(16-15-26(3)35-24-12-19-31-17-7-6-8-18-31)32-20-10-22-33(23-11-21-32)30(34)29-14-9-13-25(2)27(29)4/h5,9,13-16H,3,6-8,10-12,17-24H2,1-2,4H3/b16-15-,28-5+. The number of allylic oxidation sites excluding steroid dienone is 3. The van der Waals surface area contributed by atoms with Crippen LogP contribution in [0.1, 0.15) is 66.9 Å². The summed E-state index contributed by atoms with van der Waals surface area (Å²) < 4.78 is 5.86. The lowest BCUT2D eigenvalue weighted by Crippen LogP contribution is -2.39. The highest BCUT2D eigenvalue weighted by atomic mass is 16.5. The lowest BCUT2D eigenvalue weighted by Gasteiger charge is -2.32. The quantitative estimate of drug-likeness (QED) is 0.258. The molecule has 1 aromatic rings. The van der Waals surface area contributed by atoms with Crippen molar-refractivity contribution in [1.82, 2.24) is 14.7 Å². The maximum absolute atomic E-state index is 13.1. The van der Waals surface area contributed by atoms with Crippen LogP contribution in [-0.4, -0.2) is 73.0 Å². The van der Waals surface area contributed by atoms with Gasteiger partial charge >= 0.3 is 0 Å². The molecular weight excluding hydrogens is 434 g/mol. The fraction of sp³-hybridized carbons (Fsp3) is 0.567. The number of nitrogens with zero attached hydrogens (tertiary/aromatic N) is 3. The van der Waals surface area contributed by atoms with Crippen LogP contribution in [-0.2, 0) is 4.74 Å². The zero-order valence-corrected chi connectivity index (χ0v) is 22.2. The van der Waals surface area contributed by atoms with Gasteiger partial charge in [-0.3, -0.25) is 4.79 Å². The summed E-state index contributed by atoms with van der Waals surface area (Å²) in [7, 11) is 0. The van der Waals surface area contributed by atoms with Gasteiger partial charge < -0.3 is 19.4 Å². The van der Waals surface area contributed by atoms with E-state index in [0.717, 1.165) is 75.5 Å². The molecule has 0 atom stereocenters. The Morgan fingerprint density at radius 1 is 0.943 bits per heavy atom. The number of hydrogen-bond donors (Lipinski definition) is 0. The SMILES string of the molecule is C=C(/C=C\C(=C/C)N1CCCN(C(=O)c2cccc(C)c2C)CCC1)OCCCN1CCCCC1. The number of amides is 1. The highest BCUT2D eigenvalue weighted by molar-refractivity contribution is 5.96. The Hall–Kier alpha value is -2.53. The van der Waals surface area contributed by atoms with Crippen LogP contribution in [0.4, 0.5) is 0 Å². The van der Waals surface area contributed by atoms with Crippen molar-refractivity contribution in [2.24, 2.45) is 0 Å². The van der Waals surface area contributed by atoms with Gasteiger partial charge in [0, 0.05) is 44.0 Å². The fourth-order valence-corrected chi connectivity index (χ4v) is 5.03. The lowest BCUT2D eigenvalue weighted by atomic mass is 10.0. The maximum Gasteiger partial charge on any atom is 0.254 e. The van der Waals surface area contributed by atoms with Crippen molar-refractivity contribution in [1.29, 1.82) is 0 Å². The van der Waals surface area contributed by atoms with E-state index in [1.165, 1.54) is 43.6 Å². The molecule has 2 aliphatic rings. The first-order valence-electron chi connectivity index (χ1n) is 13.5. The van der Waals surface area contributed by atoms with Gasteiger partial charge in [0.1, 0.15) is 5.76 Å². The van der Waals surface area contributed by atoms with Crippen molar-refractivity contribution in [3.05, 3.63) is 71.2 Å². The van der Waals surface area contributed by atoms with Gasteiger partial charge in [0.05, 0.1) is 6.61 Å². The third-order valence-corrected chi connectivity index (χ3v) is 7.29. The first-order chi connectivity index (χ1) is 17.0. The Balaban J connectivity index is 1.43. The minimum absolute atomic E-state index is 0.166. The molecule has 2 fully saturated rings. The van der Waals surface area contributed by atoms with E-state index in [9.17, 15) is 4.79 Å². The average molecular weight is 480 g/mol. The van der Waals surface area contributed by atoms with Crippen molar-refractivity contribution in [3.8, 4) is 0 Å². The number of hydrogen-bond acceptors (Lipinski definition) is 4. The Labute approximate surface area is 213 Å². The van der Waals surface area contributed by atoms with Gasteiger partial charge in [0.25, 0.3) is 5.91 Å². The molecular formula is C30H45N3O2. The molecule has 2 aliphatic heterocycles. The number of likely N-dealkylation sites (tertiary alicyclic amines) is 1. The molecule has 192 valence electrons. The smallest absolute Gasteiger partial charge is 0.254 e. The Morgan fingerprint density at radius 3 is 2.31 bits per heavy atom. The summed E-state index contributed by atoms with van der Waals surface area (Å²) in [6.45, 7) is 18.0.